The molecule has 1 aliphatic heterocycles. The van der Waals surface area contributed by atoms with E-state index in [1.165, 1.54) is 0 Å². The van der Waals surface area contributed by atoms with Gasteiger partial charge in [0.2, 0.25) is 5.89 Å². The van der Waals surface area contributed by atoms with Crippen LogP contribution in [-0.4, -0.2) is 37.0 Å². The topological polar surface area (TPSA) is 72.2 Å². The van der Waals surface area contributed by atoms with Crippen molar-refractivity contribution in [2.45, 2.75) is 19.4 Å². The SMILES string of the molecule is CNCc1nnc(NCCC2CCOC2)o1. The Hall–Kier alpha value is -1.14. The van der Waals surface area contributed by atoms with Crippen molar-refractivity contribution in [1.29, 1.82) is 0 Å². The van der Waals surface area contributed by atoms with E-state index in [0.717, 1.165) is 32.6 Å². The van der Waals surface area contributed by atoms with Crippen LogP contribution in [-0.2, 0) is 11.3 Å². The summed E-state index contributed by atoms with van der Waals surface area (Å²) in [6.45, 7) is 3.24. The molecule has 2 heterocycles. The number of rotatable bonds is 6. The van der Waals surface area contributed by atoms with Crippen molar-refractivity contribution < 1.29 is 9.15 Å². The molecule has 1 fully saturated rings. The van der Waals surface area contributed by atoms with Crippen molar-refractivity contribution in [3.63, 3.8) is 0 Å². The summed E-state index contributed by atoms with van der Waals surface area (Å²) in [6, 6.07) is 0.504. The summed E-state index contributed by atoms with van der Waals surface area (Å²) in [5.74, 6) is 1.28. The molecule has 0 aliphatic carbocycles. The number of aromatic nitrogens is 2. The van der Waals surface area contributed by atoms with Gasteiger partial charge in [-0.15, -0.1) is 5.10 Å². The smallest absolute Gasteiger partial charge is 0.315 e. The van der Waals surface area contributed by atoms with Crippen LogP contribution in [0.15, 0.2) is 4.42 Å². The molecular formula is C10H18N4O2. The Bertz CT molecular complexity index is 310. The Morgan fingerprint density at radius 3 is 3.12 bits per heavy atom. The molecule has 1 unspecified atom stereocenters. The molecule has 0 amide bonds. The summed E-state index contributed by atoms with van der Waals surface area (Å²) in [6.07, 6.45) is 2.25. The molecule has 1 atom stereocenters. The van der Waals surface area contributed by atoms with Crippen molar-refractivity contribution in [3.05, 3.63) is 5.89 Å². The van der Waals surface area contributed by atoms with Crippen LogP contribution in [0.5, 0.6) is 0 Å². The summed E-state index contributed by atoms with van der Waals surface area (Å²) < 4.78 is 10.7. The van der Waals surface area contributed by atoms with Crippen molar-refractivity contribution in [3.8, 4) is 0 Å². The molecule has 2 N–H and O–H groups in total. The van der Waals surface area contributed by atoms with E-state index in [2.05, 4.69) is 20.8 Å². The van der Waals surface area contributed by atoms with Crippen molar-refractivity contribution in [1.82, 2.24) is 15.5 Å². The average molecular weight is 226 g/mol. The number of ether oxygens (including phenoxy) is 1. The molecule has 0 radical (unpaired) electrons. The van der Waals surface area contributed by atoms with Crippen molar-refractivity contribution >= 4 is 6.01 Å². The molecule has 0 saturated carbocycles. The summed E-state index contributed by atoms with van der Waals surface area (Å²) in [7, 11) is 1.84. The number of hydrogen-bond acceptors (Lipinski definition) is 6. The Balaban J connectivity index is 1.67. The highest BCUT2D eigenvalue weighted by Crippen LogP contribution is 2.16. The third-order valence-electron chi connectivity index (χ3n) is 2.65. The molecular weight excluding hydrogens is 208 g/mol. The molecule has 0 bridgehead atoms. The molecule has 0 spiro atoms. The molecule has 6 nitrogen and oxygen atoms in total. The normalized spacial score (nSPS) is 20.2. The molecule has 1 aliphatic rings. The van der Waals surface area contributed by atoms with E-state index < -0.39 is 0 Å². The highest BCUT2D eigenvalue weighted by atomic mass is 16.5. The summed E-state index contributed by atoms with van der Waals surface area (Å²) in [4.78, 5) is 0. The minimum absolute atomic E-state index is 0.504. The number of anilines is 1. The molecule has 2 rings (SSSR count). The van der Waals surface area contributed by atoms with Crippen LogP contribution in [0.25, 0.3) is 0 Å². The Morgan fingerprint density at radius 2 is 2.38 bits per heavy atom. The van der Waals surface area contributed by atoms with Crippen LogP contribution in [0, 0.1) is 5.92 Å². The predicted octanol–water partition coefficient (Wildman–Crippen LogP) is 0.627. The van der Waals surface area contributed by atoms with E-state index in [9.17, 15) is 0 Å². The van der Waals surface area contributed by atoms with Gasteiger partial charge in [0.05, 0.1) is 6.54 Å². The molecule has 1 aromatic rings. The summed E-state index contributed by atoms with van der Waals surface area (Å²) in [5.41, 5.74) is 0. The van der Waals surface area contributed by atoms with Crippen LogP contribution >= 0.6 is 0 Å². The van der Waals surface area contributed by atoms with Gasteiger partial charge in [0.15, 0.2) is 0 Å². The summed E-state index contributed by atoms with van der Waals surface area (Å²) >= 11 is 0. The second kappa shape index (κ2) is 5.81. The molecule has 1 aromatic heterocycles. The predicted molar refractivity (Wildman–Crippen MR) is 59.1 cm³/mol. The van der Waals surface area contributed by atoms with Gasteiger partial charge in [-0.2, -0.15) is 0 Å². The third kappa shape index (κ3) is 3.18. The second-order valence-corrected chi connectivity index (χ2v) is 3.98. The maximum absolute atomic E-state index is 5.36. The van der Waals surface area contributed by atoms with Gasteiger partial charge >= 0.3 is 6.01 Å². The first-order valence-corrected chi connectivity index (χ1v) is 5.67. The molecule has 90 valence electrons. The minimum Gasteiger partial charge on any atom is -0.407 e. The van der Waals surface area contributed by atoms with Gasteiger partial charge in [-0.25, -0.2) is 0 Å². The van der Waals surface area contributed by atoms with Crippen LogP contribution in [0.2, 0.25) is 0 Å². The maximum Gasteiger partial charge on any atom is 0.315 e. The van der Waals surface area contributed by atoms with Crippen LogP contribution in [0.4, 0.5) is 6.01 Å². The minimum atomic E-state index is 0.504. The zero-order valence-corrected chi connectivity index (χ0v) is 9.53. The molecule has 16 heavy (non-hydrogen) atoms. The number of nitrogens with zero attached hydrogens (tertiary/aromatic N) is 2. The Kier molecular flexibility index (Phi) is 4.12. The standard InChI is InChI=1S/C10H18N4O2/c1-11-6-9-13-14-10(16-9)12-4-2-8-3-5-15-7-8/h8,11H,2-7H2,1H3,(H,12,14). The maximum atomic E-state index is 5.36. The van der Waals surface area contributed by atoms with Crippen LogP contribution in [0.3, 0.4) is 0 Å². The van der Waals surface area contributed by atoms with Crippen molar-refractivity contribution in [2.75, 3.05) is 32.1 Å². The summed E-state index contributed by atoms with van der Waals surface area (Å²) in [5, 5.41) is 13.9. The molecule has 6 heteroatoms. The largest absolute Gasteiger partial charge is 0.407 e. The Labute approximate surface area is 94.8 Å². The highest BCUT2D eigenvalue weighted by Gasteiger charge is 2.15. The second-order valence-electron chi connectivity index (χ2n) is 3.98. The molecule has 0 aromatic carbocycles. The fourth-order valence-corrected chi connectivity index (χ4v) is 1.74. The van der Waals surface area contributed by atoms with Crippen LogP contribution in [0.1, 0.15) is 18.7 Å². The lowest BCUT2D eigenvalue weighted by Crippen LogP contribution is -2.09. The third-order valence-corrected chi connectivity index (χ3v) is 2.65. The van der Waals surface area contributed by atoms with E-state index in [4.69, 9.17) is 9.15 Å². The van der Waals surface area contributed by atoms with Crippen LogP contribution < -0.4 is 10.6 Å². The highest BCUT2D eigenvalue weighted by molar-refractivity contribution is 5.16. The van der Waals surface area contributed by atoms with E-state index in [1.807, 2.05) is 7.05 Å². The lowest BCUT2D eigenvalue weighted by Gasteiger charge is -2.06. The van der Waals surface area contributed by atoms with Gasteiger partial charge in [-0.3, -0.25) is 0 Å². The molecule has 1 saturated heterocycles. The number of hydrogen-bond donors (Lipinski definition) is 2. The average Bonchev–Trinajstić information content (AvgIpc) is 2.90. The van der Waals surface area contributed by atoms with E-state index >= 15 is 0 Å². The number of nitrogens with one attached hydrogen (secondary N) is 2. The Morgan fingerprint density at radius 1 is 1.44 bits per heavy atom. The fourth-order valence-electron chi connectivity index (χ4n) is 1.74. The van der Waals surface area contributed by atoms with Gasteiger partial charge < -0.3 is 19.8 Å². The van der Waals surface area contributed by atoms with E-state index in [-0.39, 0.29) is 0 Å². The first kappa shape index (κ1) is 11.3. The fraction of sp³-hybridized carbons (Fsp3) is 0.800. The zero-order chi connectivity index (χ0) is 11.2. The van der Waals surface area contributed by atoms with Crippen molar-refractivity contribution in [2.24, 2.45) is 5.92 Å². The van der Waals surface area contributed by atoms with E-state index in [0.29, 0.717) is 24.4 Å². The lowest BCUT2D eigenvalue weighted by molar-refractivity contribution is 0.185. The lowest BCUT2D eigenvalue weighted by atomic mass is 10.1. The quantitative estimate of drug-likeness (QED) is 0.741. The van der Waals surface area contributed by atoms with Gasteiger partial charge in [0.1, 0.15) is 0 Å². The van der Waals surface area contributed by atoms with Gasteiger partial charge in [0.25, 0.3) is 0 Å². The van der Waals surface area contributed by atoms with Gasteiger partial charge in [0, 0.05) is 19.8 Å². The monoisotopic (exact) mass is 226 g/mol. The first-order valence-electron chi connectivity index (χ1n) is 5.67. The first-order chi connectivity index (χ1) is 7.88. The zero-order valence-electron chi connectivity index (χ0n) is 9.53. The van der Waals surface area contributed by atoms with Gasteiger partial charge in [-0.05, 0) is 25.8 Å². The van der Waals surface area contributed by atoms with Gasteiger partial charge in [-0.1, -0.05) is 5.10 Å². The van der Waals surface area contributed by atoms with E-state index in [1.54, 1.807) is 0 Å².